The lowest BCUT2D eigenvalue weighted by Gasteiger charge is -2.07. The number of H-pyrrole nitrogens is 1. The van der Waals surface area contributed by atoms with E-state index in [0.29, 0.717) is 23.3 Å². The summed E-state index contributed by atoms with van der Waals surface area (Å²) in [6, 6.07) is 9.25. The molecule has 0 fully saturated rings. The first-order chi connectivity index (χ1) is 14.1. The number of halogens is 1. The summed E-state index contributed by atoms with van der Waals surface area (Å²) in [4.78, 5) is 19.7. The molecule has 8 nitrogen and oxygen atoms in total. The number of benzene rings is 1. The maximum Gasteiger partial charge on any atom is 0.275 e. The van der Waals surface area contributed by atoms with Gasteiger partial charge in [0.1, 0.15) is 0 Å². The van der Waals surface area contributed by atoms with Gasteiger partial charge >= 0.3 is 0 Å². The molecule has 0 aliphatic carbocycles. The molecule has 0 saturated carbocycles. The molecule has 0 aliphatic rings. The van der Waals surface area contributed by atoms with Gasteiger partial charge in [-0.15, -0.1) is 5.10 Å². The predicted molar refractivity (Wildman–Crippen MR) is 114 cm³/mol. The molecule has 0 aliphatic heterocycles. The van der Waals surface area contributed by atoms with Crippen molar-refractivity contribution < 1.29 is 0 Å². The van der Waals surface area contributed by atoms with Crippen LogP contribution in [-0.2, 0) is 13.0 Å². The number of aromatic nitrogens is 5. The number of nitrogens with one attached hydrogen (secondary N) is 3. The van der Waals surface area contributed by atoms with Crippen LogP contribution in [0, 0.1) is 5.41 Å². The van der Waals surface area contributed by atoms with Gasteiger partial charge in [-0.1, -0.05) is 31.0 Å². The highest BCUT2D eigenvalue weighted by Gasteiger charge is 2.10. The molecule has 3 N–H and O–H groups in total. The molecule has 0 atom stereocenters. The minimum atomic E-state index is -0.210. The van der Waals surface area contributed by atoms with Crippen LogP contribution in [0.15, 0.2) is 47.5 Å². The molecule has 3 heterocycles. The fraction of sp³-hybridized carbons (Fsp3) is 0.200. The van der Waals surface area contributed by atoms with Crippen LogP contribution < -0.4 is 10.9 Å². The second kappa shape index (κ2) is 7.92. The largest absolute Gasteiger partial charge is 0.349 e. The van der Waals surface area contributed by atoms with Gasteiger partial charge in [0.15, 0.2) is 0 Å². The van der Waals surface area contributed by atoms with E-state index in [4.69, 9.17) is 17.0 Å². The summed E-state index contributed by atoms with van der Waals surface area (Å²) in [5.41, 5.74) is 3.50. The maximum absolute atomic E-state index is 12.2. The number of aryl methyl sites for hydroxylation is 1. The van der Waals surface area contributed by atoms with Gasteiger partial charge in [0, 0.05) is 35.7 Å². The van der Waals surface area contributed by atoms with Crippen molar-refractivity contribution in [2.75, 3.05) is 5.32 Å². The van der Waals surface area contributed by atoms with Crippen molar-refractivity contribution in [2.24, 2.45) is 0 Å². The third-order valence-electron chi connectivity index (χ3n) is 4.58. The van der Waals surface area contributed by atoms with E-state index in [0.717, 1.165) is 35.2 Å². The molecule has 0 saturated heterocycles. The molecule has 148 valence electrons. The first-order valence-electron chi connectivity index (χ1n) is 9.27. The van der Waals surface area contributed by atoms with Crippen molar-refractivity contribution in [3.05, 3.63) is 69.4 Å². The van der Waals surface area contributed by atoms with Gasteiger partial charge in [0.25, 0.3) is 5.56 Å². The zero-order valence-corrected chi connectivity index (χ0v) is 16.6. The molecule has 0 unspecified atom stereocenters. The van der Waals surface area contributed by atoms with Crippen LogP contribution in [-0.4, -0.2) is 30.5 Å². The Kier molecular flexibility index (Phi) is 5.18. The Morgan fingerprint density at radius 1 is 1.28 bits per heavy atom. The monoisotopic (exact) mass is 409 g/mol. The maximum atomic E-state index is 12.2. The number of hydrogen-bond donors (Lipinski definition) is 3. The predicted octanol–water partition coefficient (Wildman–Crippen LogP) is 3.56. The van der Waals surface area contributed by atoms with Gasteiger partial charge in [0.2, 0.25) is 11.7 Å². The Morgan fingerprint density at radius 2 is 2.14 bits per heavy atom. The molecule has 0 amide bonds. The van der Waals surface area contributed by atoms with E-state index < -0.39 is 0 Å². The van der Waals surface area contributed by atoms with Gasteiger partial charge in [-0.25, -0.2) is 0 Å². The molecule has 0 bridgehead atoms. The standard InChI is InChI=1S/C20H20ClN7O/c1-2-3-16-9-18(29)28-20(24-16)25-19(26-28)23-10-15-8-13(4-5-17(15)21)14-6-7-27(11-14)12-22/h4-9,11-12,22H,2-3,10H2,1H3,(H2,23,24,25,26). The Bertz CT molecular complexity index is 1240. The molecule has 4 aromatic rings. The Hall–Kier alpha value is -3.39. The fourth-order valence-electron chi connectivity index (χ4n) is 3.14. The third-order valence-corrected chi connectivity index (χ3v) is 4.95. The number of nitrogens with zero attached hydrogens (tertiary/aromatic N) is 4. The molecular weight excluding hydrogens is 390 g/mol. The minimum Gasteiger partial charge on any atom is -0.349 e. The molecular formula is C20H20ClN7O. The van der Waals surface area contributed by atoms with Crippen LogP contribution in [0.2, 0.25) is 5.02 Å². The van der Waals surface area contributed by atoms with Gasteiger partial charge in [0.05, 0.1) is 6.34 Å². The van der Waals surface area contributed by atoms with Crippen LogP contribution in [0.5, 0.6) is 0 Å². The second-order valence-electron chi connectivity index (χ2n) is 6.69. The molecule has 0 spiro atoms. The molecule has 4 rings (SSSR count). The third kappa shape index (κ3) is 3.93. The normalized spacial score (nSPS) is 11.1. The van der Waals surface area contributed by atoms with Crippen molar-refractivity contribution >= 4 is 29.7 Å². The van der Waals surface area contributed by atoms with Crippen LogP contribution >= 0.6 is 11.6 Å². The highest BCUT2D eigenvalue weighted by Crippen LogP contribution is 2.26. The highest BCUT2D eigenvalue weighted by molar-refractivity contribution is 6.31. The molecule has 9 heteroatoms. The van der Waals surface area contributed by atoms with Crippen molar-refractivity contribution in [2.45, 2.75) is 26.3 Å². The van der Waals surface area contributed by atoms with E-state index >= 15 is 0 Å². The fourth-order valence-corrected chi connectivity index (χ4v) is 3.33. The number of aromatic amines is 1. The van der Waals surface area contributed by atoms with Crippen molar-refractivity contribution in [3.63, 3.8) is 0 Å². The quantitative estimate of drug-likeness (QED) is 0.320. The lowest BCUT2D eigenvalue weighted by Crippen LogP contribution is -2.15. The van der Waals surface area contributed by atoms with Gasteiger partial charge in [-0.05, 0) is 41.3 Å². The van der Waals surface area contributed by atoms with E-state index in [-0.39, 0.29) is 5.56 Å². The minimum absolute atomic E-state index is 0.210. The summed E-state index contributed by atoms with van der Waals surface area (Å²) in [5.74, 6) is 0.764. The zero-order chi connectivity index (χ0) is 20.4. The number of anilines is 1. The van der Waals surface area contributed by atoms with Crippen LogP contribution in [0.4, 0.5) is 5.95 Å². The Balaban J connectivity index is 1.57. The zero-order valence-electron chi connectivity index (χ0n) is 15.8. The summed E-state index contributed by atoms with van der Waals surface area (Å²) in [6.07, 6.45) is 6.65. The average molecular weight is 410 g/mol. The molecule has 29 heavy (non-hydrogen) atoms. The highest BCUT2D eigenvalue weighted by atomic mass is 35.5. The van der Waals surface area contributed by atoms with E-state index in [9.17, 15) is 4.79 Å². The molecule has 1 aromatic carbocycles. The van der Waals surface area contributed by atoms with Gasteiger partial charge in [-0.2, -0.15) is 9.50 Å². The summed E-state index contributed by atoms with van der Waals surface area (Å²) in [6.45, 7) is 2.46. The molecule has 3 aromatic heterocycles. The smallest absolute Gasteiger partial charge is 0.275 e. The second-order valence-corrected chi connectivity index (χ2v) is 7.10. The average Bonchev–Trinajstić information content (AvgIpc) is 3.35. The van der Waals surface area contributed by atoms with E-state index in [2.05, 4.69) is 27.3 Å². The Morgan fingerprint density at radius 3 is 2.90 bits per heavy atom. The Labute approximate surface area is 171 Å². The summed E-state index contributed by atoms with van der Waals surface area (Å²) >= 11 is 6.36. The number of hydrogen-bond acceptors (Lipinski definition) is 5. The SMILES string of the molecule is CCCc1cc(=O)n2nc(NCc3cc(-c4ccn(C=N)c4)ccc3Cl)nc2[nH]1. The van der Waals surface area contributed by atoms with Crippen molar-refractivity contribution in [1.29, 1.82) is 5.41 Å². The van der Waals surface area contributed by atoms with E-state index in [1.54, 1.807) is 10.6 Å². The lowest BCUT2D eigenvalue weighted by molar-refractivity contribution is 0.837. The molecule has 0 radical (unpaired) electrons. The van der Waals surface area contributed by atoms with Crippen LogP contribution in [0.1, 0.15) is 24.6 Å². The summed E-state index contributed by atoms with van der Waals surface area (Å²) in [7, 11) is 0. The number of fused-ring (bicyclic) bond motifs is 1. The van der Waals surface area contributed by atoms with E-state index in [1.165, 1.54) is 10.9 Å². The van der Waals surface area contributed by atoms with Crippen molar-refractivity contribution in [1.82, 2.24) is 24.1 Å². The van der Waals surface area contributed by atoms with Gasteiger partial charge in [-0.3, -0.25) is 10.2 Å². The summed E-state index contributed by atoms with van der Waals surface area (Å²) in [5, 5.41) is 15.3. The van der Waals surface area contributed by atoms with Crippen LogP contribution in [0.25, 0.3) is 16.9 Å². The van der Waals surface area contributed by atoms with E-state index in [1.807, 2.05) is 36.7 Å². The lowest BCUT2D eigenvalue weighted by atomic mass is 10.1. The van der Waals surface area contributed by atoms with Crippen molar-refractivity contribution in [3.8, 4) is 11.1 Å². The van der Waals surface area contributed by atoms with Crippen LogP contribution in [0.3, 0.4) is 0 Å². The van der Waals surface area contributed by atoms with Gasteiger partial charge < -0.3 is 14.9 Å². The first-order valence-corrected chi connectivity index (χ1v) is 9.65. The summed E-state index contributed by atoms with van der Waals surface area (Å²) < 4.78 is 2.92. The number of rotatable bonds is 7. The topological polar surface area (TPSA) is 104 Å². The first kappa shape index (κ1) is 18.9.